The van der Waals surface area contributed by atoms with Crippen LogP contribution in [0.2, 0.25) is 20.1 Å². The van der Waals surface area contributed by atoms with Crippen molar-refractivity contribution < 1.29 is 38.6 Å². The third-order valence-corrected chi connectivity index (χ3v) is 5.93. The van der Waals surface area contributed by atoms with Crippen LogP contribution in [0.3, 0.4) is 0 Å². The standard InChI is InChI=1S/C25H16Cl4N2O8/c26-14-5-1-12(2-6-14)24(36)38-19(20(23(34)35)39-25(37)13-3-7-15(27)8-4-13)22(33)31-30-21(32)17-10-9-16(28)11-18(17)29/h1-11,19-20H,(H,30,32)(H,31,33)(H,34,35)/t19-,20+/m1/s1. The topological polar surface area (TPSA) is 148 Å². The molecule has 2 amide bonds. The van der Waals surface area contributed by atoms with E-state index in [1.54, 1.807) is 0 Å². The van der Waals surface area contributed by atoms with Gasteiger partial charge in [0.25, 0.3) is 11.8 Å². The van der Waals surface area contributed by atoms with Crippen LogP contribution in [0.4, 0.5) is 0 Å². The average molecular weight is 614 g/mol. The highest BCUT2D eigenvalue weighted by molar-refractivity contribution is 6.36. The summed E-state index contributed by atoms with van der Waals surface area (Å²) in [6.45, 7) is 0. The number of nitrogens with one attached hydrogen (secondary N) is 2. The molecule has 0 saturated heterocycles. The maximum Gasteiger partial charge on any atom is 0.349 e. The Morgan fingerprint density at radius 1 is 0.641 bits per heavy atom. The molecule has 0 bridgehead atoms. The maximum atomic E-state index is 13.0. The van der Waals surface area contributed by atoms with Crippen LogP contribution in [-0.2, 0) is 19.1 Å². The zero-order valence-corrected chi connectivity index (χ0v) is 22.3. The molecule has 0 fully saturated rings. The van der Waals surface area contributed by atoms with E-state index in [4.69, 9.17) is 55.9 Å². The molecule has 202 valence electrons. The summed E-state index contributed by atoms with van der Waals surface area (Å²) in [5, 5.41) is 10.6. The number of amides is 2. The van der Waals surface area contributed by atoms with Crippen molar-refractivity contribution in [1.82, 2.24) is 10.9 Å². The molecule has 3 aromatic carbocycles. The highest BCUT2D eigenvalue weighted by Gasteiger charge is 2.41. The number of carboxylic acids is 1. The lowest BCUT2D eigenvalue weighted by molar-refractivity contribution is -0.159. The summed E-state index contributed by atoms with van der Waals surface area (Å²) in [4.78, 5) is 62.9. The zero-order chi connectivity index (χ0) is 28.7. The quantitative estimate of drug-likeness (QED) is 0.247. The molecule has 14 heteroatoms. The van der Waals surface area contributed by atoms with Crippen molar-refractivity contribution in [1.29, 1.82) is 0 Å². The second kappa shape index (κ2) is 13.3. The van der Waals surface area contributed by atoms with Gasteiger partial charge in [0.1, 0.15) is 0 Å². The number of rotatable bonds is 8. The summed E-state index contributed by atoms with van der Waals surface area (Å²) >= 11 is 23.4. The molecule has 0 radical (unpaired) electrons. The van der Waals surface area contributed by atoms with Gasteiger partial charge in [-0.3, -0.25) is 20.4 Å². The minimum absolute atomic E-state index is 0.0414. The Kier molecular flexibility index (Phi) is 10.1. The molecule has 0 aliphatic heterocycles. The number of hydrogen-bond acceptors (Lipinski definition) is 7. The normalized spacial score (nSPS) is 12.0. The monoisotopic (exact) mass is 612 g/mol. The first-order valence-electron chi connectivity index (χ1n) is 10.7. The van der Waals surface area contributed by atoms with E-state index in [0.29, 0.717) is 10.0 Å². The highest BCUT2D eigenvalue weighted by Crippen LogP contribution is 2.21. The van der Waals surface area contributed by atoms with Crippen LogP contribution < -0.4 is 10.9 Å². The van der Waals surface area contributed by atoms with E-state index >= 15 is 0 Å². The van der Waals surface area contributed by atoms with Crippen LogP contribution in [0.15, 0.2) is 66.7 Å². The number of benzene rings is 3. The van der Waals surface area contributed by atoms with Crippen LogP contribution >= 0.6 is 46.4 Å². The Morgan fingerprint density at radius 2 is 1.10 bits per heavy atom. The van der Waals surface area contributed by atoms with Crippen LogP contribution in [-0.4, -0.2) is 47.0 Å². The molecule has 0 aromatic heterocycles. The number of aliphatic carboxylic acids is 1. The lowest BCUT2D eigenvalue weighted by atomic mass is 10.1. The van der Waals surface area contributed by atoms with Gasteiger partial charge in [-0.2, -0.15) is 0 Å². The molecule has 0 spiro atoms. The van der Waals surface area contributed by atoms with E-state index in [0.717, 1.165) is 0 Å². The molecular formula is C25H16Cl4N2O8. The maximum absolute atomic E-state index is 13.0. The molecule has 0 aliphatic carbocycles. The molecule has 3 rings (SSSR count). The van der Waals surface area contributed by atoms with Crippen molar-refractivity contribution in [2.75, 3.05) is 0 Å². The number of carboxylic acid groups (broad SMARTS) is 1. The van der Waals surface area contributed by atoms with Gasteiger partial charge in [-0.25, -0.2) is 14.4 Å². The molecule has 10 nitrogen and oxygen atoms in total. The molecular weight excluding hydrogens is 598 g/mol. The van der Waals surface area contributed by atoms with E-state index in [-0.39, 0.29) is 26.7 Å². The van der Waals surface area contributed by atoms with Gasteiger partial charge in [0.05, 0.1) is 21.7 Å². The number of halogens is 4. The Balaban J connectivity index is 1.85. The number of carbonyl (C=O) groups is 5. The summed E-state index contributed by atoms with van der Waals surface area (Å²) in [5.41, 5.74) is 3.69. The van der Waals surface area contributed by atoms with Gasteiger partial charge in [-0.05, 0) is 66.7 Å². The second-order valence-corrected chi connectivity index (χ2v) is 9.29. The van der Waals surface area contributed by atoms with Crippen LogP contribution in [0.1, 0.15) is 31.1 Å². The Hall–Kier alpha value is -3.83. The molecule has 2 atom stereocenters. The Morgan fingerprint density at radius 3 is 1.56 bits per heavy atom. The van der Waals surface area contributed by atoms with E-state index in [1.807, 2.05) is 10.9 Å². The smallest absolute Gasteiger partial charge is 0.349 e. The number of ether oxygens (including phenoxy) is 2. The fraction of sp³-hybridized carbons (Fsp3) is 0.0800. The first-order valence-corrected chi connectivity index (χ1v) is 12.2. The highest BCUT2D eigenvalue weighted by atomic mass is 35.5. The number of carbonyl (C=O) groups excluding carboxylic acids is 4. The second-order valence-electron chi connectivity index (χ2n) is 7.57. The Bertz CT molecular complexity index is 1410. The lowest BCUT2D eigenvalue weighted by Crippen LogP contribution is -2.54. The van der Waals surface area contributed by atoms with Gasteiger partial charge >= 0.3 is 17.9 Å². The zero-order valence-electron chi connectivity index (χ0n) is 19.3. The van der Waals surface area contributed by atoms with E-state index in [1.165, 1.54) is 66.7 Å². The van der Waals surface area contributed by atoms with Crippen molar-refractivity contribution in [3.63, 3.8) is 0 Å². The predicted molar refractivity (Wildman–Crippen MR) is 141 cm³/mol. The molecule has 0 heterocycles. The first-order chi connectivity index (χ1) is 18.5. The average Bonchev–Trinajstić information content (AvgIpc) is 2.89. The number of hydrazine groups is 1. The molecule has 0 aliphatic rings. The third kappa shape index (κ3) is 8.08. The van der Waals surface area contributed by atoms with Gasteiger partial charge in [-0.1, -0.05) is 46.4 Å². The fourth-order valence-electron chi connectivity index (χ4n) is 2.96. The van der Waals surface area contributed by atoms with Crippen LogP contribution in [0, 0.1) is 0 Å². The number of hydrogen-bond donors (Lipinski definition) is 3. The first kappa shape index (κ1) is 29.7. The molecule has 3 N–H and O–H groups in total. The fourth-order valence-corrected chi connectivity index (χ4v) is 3.71. The Labute approximate surface area is 240 Å². The molecule has 3 aromatic rings. The van der Waals surface area contributed by atoms with Crippen LogP contribution in [0.5, 0.6) is 0 Å². The minimum Gasteiger partial charge on any atom is -0.478 e. The van der Waals surface area contributed by atoms with Gasteiger partial charge < -0.3 is 14.6 Å². The summed E-state index contributed by atoms with van der Waals surface area (Å²) < 4.78 is 10.1. The minimum atomic E-state index is -2.33. The summed E-state index contributed by atoms with van der Waals surface area (Å²) in [6.07, 6.45) is -4.59. The summed E-state index contributed by atoms with van der Waals surface area (Å²) in [7, 11) is 0. The van der Waals surface area contributed by atoms with Gasteiger partial charge in [0, 0.05) is 15.1 Å². The number of esters is 2. The van der Waals surface area contributed by atoms with Gasteiger partial charge in [0.15, 0.2) is 0 Å². The van der Waals surface area contributed by atoms with Crippen molar-refractivity contribution in [3.8, 4) is 0 Å². The summed E-state index contributed by atoms with van der Waals surface area (Å²) in [5.74, 6) is -6.37. The predicted octanol–water partition coefficient (Wildman–Crippen LogP) is 4.60. The van der Waals surface area contributed by atoms with Crippen molar-refractivity contribution in [2.24, 2.45) is 0 Å². The van der Waals surface area contributed by atoms with Crippen LogP contribution in [0.25, 0.3) is 0 Å². The largest absolute Gasteiger partial charge is 0.478 e. The van der Waals surface area contributed by atoms with Gasteiger partial charge in [-0.15, -0.1) is 0 Å². The third-order valence-electron chi connectivity index (χ3n) is 4.88. The van der Waals surface area contributed by atoms with E-state index < -0.39 is 41.9 Å². The van der Waals surface area contributed by atoms with Crippen molar-refractivity contribution >= 4 is 76.1 Å². The van der Waals surface area contributed by atoms with E-state index in [2.05, 4.69) is 0 Å². The SMILES string of the molecule is O=C(O[C@H](C(=O)O)[C@@H](OC(=O)c1ccc(Cl)cc1)C(=O)NNC(=O)c1ccc(Cl)cc1Cl)c1ccc(Cl)cc1. The van der Waals surface area contributed by atoms with Crippen molar-refractivity contribution in [3.05, 3.63) is 104 Å². The lowest BCUT2D eigenvalue weighted by Gasteiger charge is -2.23. The molecule has 39 heavy (non-hydrogen) atoms. The van der Waals surface area contributed by atoms with Crippen molar-refractivity contribution in [2.45, 2.75) is 12.2 Å². The summed E-state index contributed by atoms with van der Waals surface area (Å²) in [6, 6.07) is 14.4. The molecule has 0 unspecified atom stereocenters. The van der Waals surface area contributed by atoms with E-state index in [9.17, 15) is 29.1 Å². The van der Waals surface area contributed by atoms with Gasteiger partial charge in [0.2, 0.25) is 12.2 Å². The molecule has 0 saturated carbocycles.